The first-order chi connectivity index (χ1) is 10.1. The molecule has 0 radical (unpaired) electrons. The summed E-state index contributed by atoms with van der Waals surface area (Å²) in [5.74, 6) is -0.0783. The summed E-state index contributed by atoms with van der Waals surface area (Å²) in [7, 11) is 0. The maximum absolute atomic E-state index is 12.0. The minimum atomic E-state index is -0.0783. The molecule has 1 aromatic carbocycles. The molecule has 0 fully saturated rings. The van der Waals surface area contributed by atoms with Gasteiger partial charge in [0.1, 0.15) is 0 Å². The van der Waals surface area contributed by atoms with Crippen molar-refractivity contribution in [1.82, 2.24) is 14.9 Å². The normalized spacial score (nSPS) is 10.3. The molecule has 0 unspecified atom stereocenters. The molecule has 110 valence electrons. The standard InChI is InChI=1S/C15H18N4OS/c16-14(21)10-12-3-1-4-13(9-12)15(20)18-5-2-7-19-8-6-17-11-19/h1,3-4,6,8-9,11H,2,5,7,10H2,(H2,16,21)(H,18,20). The van der Waals surface area contributed by atoms with Crippen molar-refractivity contribution in [2.24, 2.45) is 5.73 Å². The van der Waals surface area contributed by atoms with Crippen LogP contribution in [0, 0.1) is 0 Å². The molecule has 0 saturated heterocycles. The Morgan fingerprint density at radius 2 is 2.29 bits per heavy atom. The summed E-state index contributed by atoms with van der Waals surface area (Å²) in [4.78, 5) is 16.4. The number of nitrogens with one attached hydrogen (secondary N) is 1. The zero-order valence-corrected chi connectivity index (χ0v) is 12.5. The van der Waals surface area contributed by atoms with E-state index in [9.17, 15) is 4.79 Å². The van der Waals surface area contributed by atoms with Crippen LogP contribution in [0.2, 0.25) is 0 Å². The lowest BCUT2D eigenvalue weighted by molar-refractivity contribution is 0.0952. The van der Waals surface area contributed by atoms with Gasteiger partial charge in [0.25, 0.3) is 5.91 Å². The predicted octanol–water partition coefficient (Wildman–Crippen LogP) is 1.53. The Bertz CT molecular complexity index is 610. The Hall–Kier alpha value is -2.21. The number of nitrogens with zero attached hydrogens (tertiary/aromatic N) is 2. The van der Waals surface area contributed by atoms with Crippen molar-refractivity contribution in [3.63, 3.8) is 0 Å². The molecule has 0 saturated carbocycles. The highest BCUT2D eigenvalue weighted by Gasteiger charge is 2.06. The highest BCUT2D eigenvalue weighted by atomic mass is 32.1. The van der Waals surface area contributed by atoms with E-state index in [0.29, 0.717) is 23.5 Å². The van der Waals surface area contributed by atoms with Gasteiger partial charge in [-0.3, -0.25) is 4.79 Å². The molecule has 0 aliphatic rings. The zero-order valence-electron chi connectivity index (χ0n) is 11.7. The molecular formula is C15H18N4OS. The third-order valence-electron chi connectivity index (χ3n) is 3.01. The number of aryl methyl sites for hydroxylation is 1. The predicted molar refractivity (Wildman–Crippen MR) is 86.1 cm³/mol. The molecule has 0 aliphatic heterocycles. The Kier molecular flexibility index (Phi) is 5.45. The molecule has 1 heterocycles. The second-order valence-corrected chi connectivity index (χ2v) is 5.28. The van der Waals surface area contributed by atoms with Crippen LogP contribution in [0.1, 0.15) is 22.3 Å². The van der Waals surface area contributed by atoms with Crippen LogP contribution in [-0.2, 0) is 13.0 Å². The van der Waals surface area contributed by atoms with Crippen molar-refractivity contribution < 1.29 is 4.79 Å². The molecule has 0 spiro atoms. The van der Waals surface area contributed by atoms with Crippen LogP contribution in [0.5, 0.6) is 0 Å². The summed E-state index contributed by atoms with van der Waals surface area (Å²) in [6.07, 6.45) is 6.78. The second kappa shape index (κ2) is 7.54. The third kappa shape index (κ3) is 5.00. The number of amides is 1. The van der Waals surface area contributed by atoms with Crippen LogP contribution in [0.3, 0.4) is 0 Å². The van der Waals surface area contributed by atoms with Crippen molar-refractivity contribution in [2.75, 3.05) is 6.54 Å². The Morgan fingerprint density at radius 1 is 1.43 bits per heavy atom. The fourth-order valence-electron chi connectivity index (χ4n) is 2.01. The van der Waals surface area contributed by atoms with Gasteiger partial charge in [0.2, 0.25) is 0 Å². The Labute approximate surface area is 129 Å². The third-order valence-corrected chi connectivity index (χ3v) is 3.15. The number of imidazole rings is 1. The molecule has 21 heavy (non-hydrogen) atoms. The Morgan fingerprint density at radius 3 is 3.00 bits per heavy atom. The molecule has 3 N–H and O–H groups in total. The molecule has 2 aromatic rings. The fourth-order valence-corrected chi connectivity index (χ4v) is 2.17. The van der Waals surface area contributed by atoms with Gasteiger partial charge in [-0.2, -0.15) is 0 Å². The first-order valence-electron chi connectivity index (χ1n) is 6.76. The smallest absolute Gasteiger partial charge is 0.251 e. The number of carbonyl (C=O) groups excluding carboxylic acids is 1. The van der Waals surface area contributed by atoms with Gasteiger partial charge in [0.15, 0.2) is 0 Å². The first-order valence-corrected chi connectivity index (χ1v) is 7.17. The van der Waals surface area contributed by atoms with E-state index in [4.69, 9.17) is 18.0 Å². The van der Waals surface area contributed by atoms with Crippen LogP contribution in [0.15, 0.2) is 43.0 Å². The van der Waals surface area contributed by atoms with Crippen LogP contribution >= 0.6 is 12.2 Å². The number of rotatable bonds is 7. The Balaban J connectivity index is 1.81. The minimum Gasteiger partial charge on any atom is -0.393 e. The summed E-state index contributed by atoms with van der Waals surface area (Å²) >= 11 is 4.88. The highest BCUT2D eigenvalue weighted by Crippen LogP contribution is 2.06. The molecule has 5 nitrogen and oxygen atoms in total. The molecule has 6 heteroatoms. The van der Waals surface area contributed by atoms with Crippen LogP contribution in [0.25, 0.3) is 0 Å². The van der Waals surface area contributed by atoms with Crippen LogP contribution in [-0.4, -0.2) is 27.0 Å². The lowest BCUT2D eigenvalue weighted by Gasteiger charge is -2.07. The molecule has 1 aromatic heterocycles. The lowest BCUT2D eigenvalue weighted by atomic mass is 10.1. The monoisotopic (exact) mass is 302 g/mol. The van der Waals surface area contributed by atoms with Crippen LogP contribution in [0.4, 0.5) is 0 Å². The lowest BCUT2D eigenvalue weighted by Crippen LogP contribution is -2.25. The molecule has 1 amide bonds. The maximum atomic E-state index is 12.0. The van der Waals surface area contributed by atoms with E-state index in [-0.39, 0.29) is 5.91 Å². The van der Waals surface area contributed by atoms with Crippen molar-refractivity contribution in [1.29, 1.82) is 0 Å². The van der Waals surface area contributed by atoms with Crippen molar-refractivity contribution in [3.05, 3.63) is 54.1 Å². The number of hydrogen-bond donors (Lipinski definition) is 2. The zero-order chi connectivity index (χ0) is 15.1. The number of aromatic nitrogens is 2. The summed E-state index contributed by atoms with van der Waals surface area (Å²) in [5.41, 5.74) is 7.10. The number of hydrogen-bond acceptors (Lipinski definition) is 3. The van der Waals surface area contributed by atoms with E-state index >= 15 is 0 Å². The van der Waals surface area contributed by atoms with Gasteiger partial charge >= 0.3 is 0 Å². The van der Waals surface area contributed by atoms with Gasteiger partial charge in [-0.15, -0.1) is 0 Å². The summed E-state index contributed by atoms with van der Waals surface area (Å²) < 4.78 is 1.98. The number of nitrogens with two attached hydrogens (primary N) is 1. The summed E-state index contributed by atoms with van der Waals surface area (Å²) in [6, 6.07) is 7.36. The number of carbonyl (C=O) groups is 1. The molecule has 0 bridgehead atoms. The number of benzene rings is 1. The van der Waals surface area contributed by atoms with Crippen molar-refractivity contribution in [3.8, 4) is 0 Å². The molecular weight excluding hydrogens is 284 g/mol. The SMILES string of the molecule is NC(=S)Cc1cccc(C(=O)NCCCn2ccnc2)c1. The summed E-state index contributed by atoms with van der Waals surface area (Å²) in [6.45, 7) is 1.46. The van der Waals surface area contributed by atoms with E-state index < -0.39 is 0 Å². The van der Waals surface area contributed by atoms with Crippen molar-refractivity contribution >= 4 is 23.1 Å². The molecule has 2 rings (SSSR count). The van der Waals surface area contributed by atoms with Gasteiger partial charge in [-0.25, -0.2) is 4.98 Å². The quantitative estimate of drug-likeness (QED) is 0.601. The van der Waals surface area contributed by atoms with E-state index in [1.807, 2.05) is 29.0 Å². The average Bonchev–Trinajstić information content (AvgIpc) is 2.96. The van der Waals surface area contributed by atoms with Crippen molar-refractivity contribution in [2.45, 2.75) is 19.4 Å². The van der Waals surface area contributed by atoms with E-state index in [1.165, 1.54) is 0 Å². The topological polar surface area (TPSA) is 72.9 Å². The fraction of sp³-hybridized carbons (Fsp3) is 0.267. The summed E-state index contributed by atoms with van der Waals surface area (Å²) in [5, 5.41) is 2.91. The molecule has 0 atom stereocenters. The average molecular weight is 302 g/mol. The minimum absolute atomic E-state index is 0.0783. The van der Waals surface area contributed by atoms with E-state index in [1.54, 1.807) is 18.6 Å². The second-order valence-electron chi connectivity index (χ2n) is 4.75. The highest BCUT2D eigenvalue weighted by molar-refractivity contribution is 7.80. The van der Waals surface area contributed by atoms with E-state index in [0.717, 1.165) is 18.5 Å². The van der Waals surface area contributed by atoms with E-state index in [2.05, 4.69) is 10.3 Å². The largest absolute Gasteiger partial charge is 0.393 e. The van der Waals surface area contributed by atoms with Gasteiger partial charge in [0.05, 0.1) is 11.3 Å². The molecule has 0 aliphatic carbocycles. The van der Waals surface area contributed by atoms with Gasteiger partial charge in [-0.05, 0) is 24.1 Å². The van der Waals surface area contributed by atoms with Gasteiger partial charge in [0, 0.05) is 37.5 Å². The first kappa shape index (κ1) is 15.2. The van der Waals surface area contributed by atoms with Gasteiger partial charge < -0.3 is 15.6 Å². The van der Waals surface area contributed by atoms with Crippen LogP contribution < -0.4 is 11.1 Å². The van der Waals surface area contributed by atoms with Gasteiger partial charge in [-0.1, -0.05) is 24.4 Å². The maximum Gasteiger partial charge on any atom is 0.251 e. The number of thiocarbonyl (C=S) groups is 1.